The largest absolute Gasteiger partial charge is 0.508 e. The summed E-state index contributed by atoms with van der Waals surface area (Å²) in [6.45, 7) is 0. The molecule has 4 heteroatoms. The zero-order chi connectivity index (χ0) is 13.4. The molecule has 0 atom stereocenters. The predicted molar refractivity (Wildman–Crippen MR) is 74.6 cm³/mol. The maximum Gasteiger partial charge on any atom is 0.344 e. The van der Waals surface area contributed by atoms with Crippen LogP contribution in [0.2, 0.25) is 5.02 Å². The van der Waals surface area contributed by atoms with Crippen LogP contribution < -0.4 is 5.63 Å². The first kappa shape index (κ1) is 11.8. The van der Waals surface area contributed by atoms with E-state index in [1.54, 1.807) is 42.5 Å². The maximum absolute atomic E-state index is 12.0. The third-order valence-corrected chi connectivity index (χ3v) is 3.09. The molecular weight excluding hydrogens is 264 g/mol. The van der Waals surface area contributed by atoms with E-state index in [0.29, 0.717) is 27.1 Å². The minimum atomic E-state index is -0.430. The summed E-state index contributed by atoms with van der Waals surface area (Å²) in [5, 5.41) is 10.7. The van der Waals surface area contributed by atoms with Gasteiger partial charge in [0.2, 0.25) is 0 Å². The fraction of sp³-hybridized carbons (Fsp3) is 0. The molecule has 0 aliphatic heterocycles. The number of rotatable bonds is 1. The second-order valence-electron chi connectivity index (χ2n) is 4.18. The van der Waals surface area contributed by atoms with Crippen LogP contribution in [-0.2, 0) is 0 Å². The van der Waals surface area contributed by atoms with Gasteiger partial charge in [0.25, 0.3) is 0 Å². The third kappa shape index (κ3) is 2.20. The van der Waals surface area contributed by atoms with E-state index < -0.39 is 5.63 Å². The molecule has 3 aromatic rings. The fourth-order valence-electron chi connectivity index (χ4n) is 1.97. The van der Waals surface area contributed by atoms with Crippen molar-refractivity contribution in [3.8, 4) is 16.9 Å². The number of phenolic OH excluding ortho intramolecular Hbond substituents is 1. The van der Waals surface area contributed by atoms with E-state index in [2.05, 4.69) is 0 Å². The highest BCUT2D eigenvalue weighted by Gasteiger charge is 2.08. The second-order valence-corrected chi connectivity index (χ2v) is 4.62. The minimum absolute atomic E-state index is 0.124. The number of fused-ring (bicyclic) bond motifs is 1. The SMILES string of the molecule is O=c1oc2ccc(O)cc2cc1-c1cccc(Cl)c1. The van der Waals surface area contributed by atoms with Crippen molar-refractivity contribution in [2.45, 2.75) is 0 Å². The van der Waals surface area contributed by atoms with Crippen LogP contribution in [0.5, 0.6) is 5.75 Å². The molecule has 0 spiro atoms. The summed E-state index contributed by atoms with van der Waals surface area (Å²) >= 11 is 5.92. The van der Waals surface area contributed by atoms with Gasteiger partial charge in [-0.2, -0.15) is 0 Å². The van der Waals surface area contributed by atoms with Gasteiger partial charge in [0, 0.05) is 10.4 Å². The predicted octanol–water partition coefficient (Wildman–Crippen LogP) is 3.82. The van der Waals surface area contributed by atoms with Gasteiger partial charge in [-0.15, -0.1) is 0 Å². The molecule has 0 saturated heterocycles. The summed E-state index contributed by atoms with van der Waals surface area (Å²) in [6.07, 6.45) is 0. The third-order valence-electron chi connectivity index (χ3n) is 2.85. The van der Waals surface area contributed by atoms with Crippen LogP contribution in [0, 0.1) is 0 Å². The Morgan fingerprint density at radius 1 is 1.05 bits per heavy atom. The van der Waals surface area contributed by atoms with Gasteiger partial charge in [-0.1, -0.05) is 23.7 Å². The minimum Gasteiger partial charge on any atom is -0.508 e. The lowest BCUT2D eigenvalue weighted by Crippen LogP contribution is -2.02. The van der Waals surface area contributed by atoms with E-state index >= 15 is 0 Å². The van der Waals surface area contributed by atoms with Gasteiger partial charge in [-0.05, 0) is 42.0 Å². The van der Waals surface area contributed by atoms with Crippen molar-refractivity contribution < 1.29 is 9.52 Å². The van der Waals surface area contributed by atoms with E-state index in [-0.39, 0.29) is 5.75 Å². The normalized spacial score (nSPS) is 10.8. The Labute approximate surface area is 113 Å². The van der Waals surface area contributed by atoms with Gasteiger partial charge in [0.05, 0.1) is 5.56 Å². The Kier molecular flexibility index (Phi) is 2.76. The number of hydrogen-bond acceptors (Lipinski definition) is 3. The van der Waals surface area contributed by atoms with Gasteiger partial charge in [-0.25, -0.2) is 4.79 Å². The molecular formula is C15H9ClO3. The first-order chi connectivity index (χ1) is 9.13. The molecule has 1 aromatic heterocycles. The molecule has 0 aliphatic rings. The Morgan fingerprint density at radius 3 is 2.68 bits per heavy atom. The number of benzene rings is 2. The van der Waals surface area contributed by atoms with Gasteiger partial charge < -0.3 is 9.52 Å². The smallest absolute Gasteiger partial charge is 0.344 e. The summed E-state index contributed by atoms with van der Waals surface area (Å²) in [5.74, 6) is 0.124. The van der Waals surface area contributed by atoms with Crippen molar-refractivity contribution >= 4 is 22.6 Å². The molecule has 0 saturated carbocycles. The van der Waals surface area contributed by atoms with E-state index in [1.165, 1.54) is 6.07 Å². The average molecular weight is 273 g/mol. The van der Waals surface area contributed by atoms with Gasteiger partial charge in [-0.3, -0.25) is 0 Å². The van der Waals surface area contributed by atoms with Crippen molar-refractivity contribution in [1.29, 1.82) is 0 Å². The van der Waals surface area contributed by atoms with E-state index in [0.717, 1.165) is 0 Å². The standard InChI is InChI=1S/C15H9ClO3/c16-11-3-1-2-9(6-11)13-8-10-7-12(17)4-5-14(10)19-15(13)18/h1-8,17H. The highest BCUT2D eigenvalue weighted by molar-refractivity contribution is 6.30. The van der Waals surface area contributed by atoms with Crippen LogP contribution in [0.15, 0.2) is 57.7 Å². The summed E-state index contributed by atoms with van der Waals surface area (Å²) in [5.41, 5.74) is 1.11. The highest BCUT2D eigenvalue weighted by atomic mass is 35.5. The second kappa shape index (κ2) is 4.44. The van der Waals surface area contributed by atoms with Gasteiger partial charge >= 0.3 is 5.63 Å². The summed E-state index contributed by atoms with van der Waals surface area (Å²) in [7, 11) is 0. The van der Waals surface area contributed by atoms with Crippen molar-refractivity contribution in [2.24, 2.45) is 0 Å². The van der Waals surface area contributed by atoms with Gasteiger partial charge in [0.1, 0.15) is 11.3 Å². The quantitative estimate of drug-likeness (QED) is 0.685. The Balaban J connectivity index is 2.29. The topological polar surface area (TPSA) is 50.4 Å². The van der Waals surface area contributed by atoms with Crippen molar-refractivity contribution in [1.82, 2.24) is 0 Å². The summed E-state index contributed by atoms with van der Waals surface area (Å²) < 4.78 is 5.23. The van der Waals surface area contributed by atoms with E-state index in [1.807, 2.05) is 0 Å². The Morgan fingerprint density at radius 2 is 1.89 bits per heavy atom. The Hall–Kier alpha value is -2.26. The van der Waals surface area contributed by atoms with Crippen LogP contribution >= 0.6 is 11.6 Å². The summed E-state index contributed by atoms with van der Waals surface area (Å²) in [6, 6.07) is 13.3. The fourth-order valence-corrected chi connectivity index (χ4v) is 2.16. The van der Waals surface area contributed by atoms with Crippen molar-refractivity contribution in [2.75, 3.05) is 0 Å². The molecule has 0 bridgehead atoms. The molecule has 0 unspecified atom stereocenters. The number of aromatic hydroxyl groups is 1. The van der Waals surface area contributed by atoms with Crippen LogP contribution in [0.25, 0.3) is 22.1 Å². The zero-order valence-electron chi connectivity index (χ0n) is 9.76. The molecule has 0 amide bonds. The molecule has 0 fully saturated rings. The molecule has 1 N–H and O–H groups in total. The van der Waals surface area contributed by atoms with Crippen LogP contribution in [0.4, 0.5) is 0 Å². The zero-order valence-corrected chi connectivity index (χ0v) is 10.5. The summed E-state index contributed by atoms with van der Waals surface area (Å²) in [4.78, 5) is 12.0. The lowest BCUT2D eigenvalue weighted by molar-refractivity contribution is 0.475. The first-order valence-corrected chi connectivity index (χ1v) is 6.04. The molecule has 0 radical (unpaired) electrons. The van der Waals surface area contributed by atoms with Gasteiger partial charge in [0.15, 0.2) is 0 Å². The molecule has 1 heterocycles. The molecule has 0 aliphatic carbocycles. The number of hydrogen-bond donors (Lipinski definition) is 1. The molecule has 3 rings (SSSR count). The van der Waals surface area contributed by atoms with Crippen LogP contribution in [0.1, 0.15) is 0 Å². The van der Waals surface area contributed by atoms with E-state index in [4.69, 9.17) is 16.0 Å². The number of halogens is 1. The molecule has 19 heavy (non-hydrogen) atoms. The molecule has 2 aromatic carbocycles. The molecule has 3 nitrogen and oxygen atoms in total. The monoisotopic (exact) mass is 272 g/mol. The van der Waals surface area contributed by atoms with Crippen LogP contribution in [-0.4, -0.2) is 5.11 Å². The first-order valence-electron chi connectivity index (χ1n) is 5.66. The van der Waals surface area contributed by atoms with Crippen molar-refractivity contribution in [3.05, 3.63) is 64.0 Å². The highest BCUT2D eigenvalue weighted by Crippen LogP contribution is 2.25. The molecule has 94 valence electrons. The Bertz CT molecular complexity index is 821. The lowest BCUT2D eigenvalue weighted by Gasteiger charge is -2.03. The average Bonchev–Trinajstić information content (AvgIpc) is 2.38. The maximum atomic E-state index is 12.0. The van der Waals surface area contributed by atoms with Crippen LogP contribution in [0.3, 0.4) is 0 Å². The van der Waals surface area contributed by atoms with E-state index in [9.17, 15) is 9.90 Å². The lowest BCUT2D eigenvalue weighted by atomic mass is 10.1. The van der Waals surface area contributed by atoms with Crippen molar-refractivity contribution in [3.63, 3.8) is 0 Å². The number of phenols is 1.